The van der Waals surface area contributed by atoms with Gasteiger partial charge in [0.15, 0.2) is 0 Å². The Morgan fingerprint density at radius 1 is 0.900 bits per heavy atom. The van der Waals surface area contributed by atoms with Crippen LogP contribution in [0.5, 0.6) is 0 Å². The van der Waals surface area contributed by atoms with E-state index in [4.69, 9.17) is 0 Å². The Balaban J connectivity index is 1.41. The van der Waals surface area contributed by atoms with Crippen LogP contribution >= 0.6 is 0 Å². The molecule has 0 fully saturated rings. The zero-order valence-corrected chi connectivity index (χ0v) is 16.7. The first-order valence-electron chi connectivity index (χ1n) is 10.0. The van der Waals surface area contributed by atoms with Gasteiger partial charge in [-0.3, -0.25) is 4.79 Å². The van der Waals surface area contributed by atoms with Crippen LogP contribution < -0.4 is 5.32 Å². The highest BCUT2D eigenvalue weighted by Crippen LogP contribution is 2.28. The maximum atomic E-state index is 12.9. The van der Waals surface area contributed by atoms with Crippen LogP contribution in [-0.2, 0) is 24.9 Å². The molecule has 5 nitrogen and oxygen atoms in total. The van der Waals surface area contributed by atoms with Crippen molar-refractivity contribution >= 4 is 27.8 Å². The van der Waals surface area contributed by atoms with Gasteiger partial charge in [-0.25, -0.2) is 4.98 Å². The van der Waals surface area contributed by atoms with Crippen LogP contribution in [0.15, 0.2) is 84.9 Å². The molecule has 30 heavy (non-hydrogen) atoms. The van der Waals surface area contributed by atoms with Crippen LogP contribution in [0.1, 0.15) is 5.82 Å². The number of para-hydroxylation sites is 3. The number of aryl methyl sites for hydroxylation is 1. The van der Waals surface area contributed by atoms with E-state index in [0.717, 1.165) is 39.0 Å². The van der Waals surface area contributed by atoms with Gasteiger partial charge in [-0.1, -0.05) is 60.7 Å². The minimum absolute atomic E-state index is 0.0411. The first-order chi connectivity index (χ1) is 14.7. The third kappa shape index (κ3) is 3.24. The summed E-state index contributed by atoms with van der Waals surface area (Å²) in [4.78, 5) is 17.5. The van der Waals surface area contributed by atoms with Gasteiger partial charge in [0.2, 0.25) is 5.91 Å². The number of nitrogens with one attached hydrogen (secondary N) is 1. The molecule has 5 heteroatoms. The second kappa shape index (κ2) is 7.52. The molecule has 148 valence electrons. The molecule has 0 saturated heterocycles. The van der Waals surface area contributed by atoms with Crippen LogP contribution in [0.4, 0.5) is 0 Å². The molecule has 0 atom stereocenters. The fourth-order valence-electron chi connectivity index (χ4n) is 3.96. The number of hydrogen-bond donors (Lipinski definition) is 1. The van der Waals surface area contributed by atoms with Gasteiger partial charge in [0.1, 0.15) is 12.4 Å². The molecule has 2 aromatic heterocycles. The molecule has 0 radical (unpaired) electrons. The summed E-state index contributed by atoms with van der Waals surface area (Å²) in [6.07, 6.45) is 0. The second-order valence-electron chi connectivity index (χ2n) is 7.39. The lowest BCUT2D eigenvalue weighted by Crippen LogP contribution is -2.28. The van der Waals surface area contributed by atoms with E-state index in [1.54, 1.807) is 0 Å². The van der Waals surface area contributed by atoms with E-state index in [1.165, 1.54) is 0 Å². The number of imidazole rings is 1. The van der Waals surface area contributed by atoms with E-state index in [-0.39, 0.29) is 12.5 Å². The number of fused-ring (bicyclic) bond motifs is 2. The molecule has 0 aliphatic rings. The van der Waals surface area contributed by atoms with Gasteiger partial charge < -0.3 is 14.5 Å². The van der Waals surface area contributed by atoms with Gasteiger partial charge in [-0.05, 0) is 29.8 Å². The molecular weight excluding hydrogens is 372 g/mol. The van der Waals surface area contributed by atoms with Gasteiger partial charge in [-0.2, -0.15) is 0 Å². The SMILES string of the molecule is Cn1c(CNC(=O)Cn2c(-c3ccccc3)cc3ccccc32)nc2ccccc21. The summed E-state index contributed by atoms with van der Waals surface area (Å²) in [5, 5.41) is 4.16. The predicted octanol–water partition coefficient (Wildman–Crippen LogP) is 4.51. The highest BCUT2D eigenvalue weighted by Gasteiger charge is 2.14. The first kappa shape index (κ1) is 18.2. The fourth-order valence-corrected chi connectivity index (χ4v) is 3.96. The number of carbonyl (C=O) groups is 1. The number of hydrogen-bond acceptors (Lipinski definition) is 2. The maximum absolute atomic E-state index is 12.9. The molecule has 0 bridgehead atoms. The normalized spacial score (nSPS) is 11.2. The highest BCUT2D eigenvalue weighted by molar-refractivity contribution is 5.89. The summed E-state index contributed by atoms with van der Waals surface area (Å²) in [6, 6.07) is 28.5. The van der Waals surface area contributed by atoms with Gasteiger partial charge in [0, 0.05) is 23.6 Å². The third-order valence-electron chi connectivity index (χ3n) is 5.51. The number of carbonyl (C=O) groups excluding carboxylic acids is 1. The standard InChI is InChI=1S/C25H22N4O/c1-28-22-14-8-6-12-20(22)27-24(28)16-26-25(30)17-29-21-13-7-5-11-19(21)15-23(29)18-9-3-2-4-10-18/h2-15H,16-17H2,1H3,(H,26,30). The van der Waals surface area contributed by atoms with Crippen molar-refractivity contribution < 1.29 is 4.79 Å². The van der Waals surface area contributed by atoms with Crippen molar-refractivity contribution in [3.63, 3.8) is 0 Å². The summed E-state index contributed by atoms with van der Waals surface area (Å²) in [5.41, 5.74) is 5.18. The molecule has 0 aliphatic heterocycles. The Morgan fingerprint density at radius 2 is 1.60 bits per heavy atom. The first-order valence-corrected chi connectivity index (χ1v) is 10.0. The summed E-state index contributed by atoms with van der Waals surface area (Å²) in [7, 11) is 1.98. The van der Waals surface area contributed by atoms with E-state index in [9.17, 15) is 4.79 Å². The van der Waals surface area contributed by atoms with Crippen molar-refractivity contribution in [3.8, 4) is 11.3 Å². The largest absolute Gasteiger partial charge is 0.347 e. The van der Waals surface area contributed by atoms with Crippen LogP contribution in [0.3, 0.4) is 0 Å². The quantitative estimate of drug-likeness (QED) is 0.477. The summed E-state index contributed by atoms with van der Waals surface area (Å²) >= 11 is 0. The minimum atomic E-state index is -0.0411. The summed E-state index contributed by atoms with van der Waals surface area (Å²) in [6.45, 7) is 0.644. The molecule has 0 unspecified atom stereocenters. The van der Waals surface area contributed by atoms with Crippen LogP contribution in [0.2, 0.25) is 0 Å². The smallest absolute Gasteiger partial charge is 0.240 e. The molecule has 0 aliphatic carbocycles. The second-order valence-corrected chi connectivity index (χ2v) is 7.39. The average molecular weight is 394 g/mol. The molecule has 1 amide bonds. The number of benzene rings is 3. The lowest BCUT2D eigenvalue weighted by molar-refractivity contribution is -0.121. The zero-order chi connectivity index (χ0) is 20.5. The molecule has 2 heterocycles. The summed E-state index contributed by atoms with van der Waals surface area (Å²) in [5.74, 6) is 0.797. The van der Waals surface area contributed by atoms with E-state index in [1.807, 2.05) is 66.2 Å². The number of aromatic nitrogens is 3. The van der Waals surface area contributed by atoms with Crippen LogP contribution in [-0.4, -0.2) is 20.0 Å². The van der Waals surface area contributed by atoms with Crippen molar-refractivity contribution in [3.05, 3.63) is 90.8 Å². The average Bonchev–Trinajstić information content (AvgIpc) is 3.31. The Kier molecular flexibility index (Phi) is 4.56. The Bertz CT molecular complexity index is 1350. The monoisotopic (exact) mass is 394 g/mol. The van der Waals surface area contributed by atoms with E-state index < -0.39 is 0 Å². The Labute approximate surface area is 174 Å². The molecule has 5 rings (SSSR count). The molecule has 0 spiro atoms. The molecule has 5 aromatic rings. The fraction of sp³-hybridized carbons (Fsp3) is 0.120. The highest BCUT2D eigenvalue weighted by atomic mass is 16.1. The van der Waals surface area contributed by atoms with E-state index >= 15 is 0 Å². The minimum Gasteiger partial charge on any atom is -0.347 e. The van der Waals surface area contributed by atoms with Crippen molar-refractivity contribution in [1.82, 2.24) is 19.4 Å². The molecule has 3 aromatic carbocycles. The summed E-state index contributed by atoms with van der Waals surface area (Å²) < 4.78 is 4.10. The number of nitrogens with zero attached hydrogens (tertiary/aromatic N) is 3. The Morgan fingerprint density at radius 3 is 2.40 bits per heavy atom. The molecule has 1 N–H and O–H groups in total. The third-order valence-corrected chi connectivity index (χ3v) is 5.51. The van der Waals surface area contributed by atoms with Gasteiger partial charge >= 0.3 is 0 Å². The zero-order valence-electron chi connectivity index (χ0n) is 16.7. The van der Waals surface area contributed by atoms with Crippen molar-refractivity contribution in [2.45, 2.75) is 13.1 Å². The lowest BCUT2D eigenvalue weighted by atomic mass is 10.1. The maximum Gasteiger partial charge on any atom is 0.240 e. The Hall–Kier alpha value is -3.86. The number of amides is 1. The number of rotatable bonds is 5. The van der Waals surface area contributed by atoms with Crippen molar-refractivity contribution in [2.24, 2.45) is 7.05 Å². The predicted molar refractivity (Wildman–Crippen MR) is 120 cm³/mol. The molecule has 0 saturated carbocycles. The van der Waals surface area contributed by atoms with Crippen LogP contribution in [0, 0.1) is 0 Å². The van der Waals surface area contributed by atoms with E-state index in [0.29, 0.717) is 6.54 Å². The topological polar surface area (TPSA) is 51.9 Å². The van der Waals surface area contributed by atoms with Crippen molar-refractivity contribution in [2.75, 3.05) is 0 Å². The van der Waals surface area contributed by atoms with Crippen molar-refractivity contribution in [1.29, 1.82) is 0 Å². The van der Waals surface area contributed by atoms with Gasteiger partial charge in [-0.15, -0.1) is 0 Å². The van der Waals surface area contributed by atoms with Crippen LogP contribution in [0.25, 0.3) is 33.2 Å². The lowest BCUT2D eigenvalue weighted by Gasteiger charge is -2.12. The van der Waals surface area contributed by atoms with E-state index in [2.05, 4.69) is 45.2 Å². The van der Waals surface area contributed by atoms with Gasteiger partial charge in [0.25, 0.3) is 0 Å². The molecular formula is C25H22N4O. The van der Waals surface area contributed by atoms with Gasteiger partial charge in [0.05, 0.1) is 17.6 Å².